The standard InChI is InChI=1S/C27H35N5/c28-18-24-23-14-17-31(19-21-10-4-1-5-11-21)20-25(23)26(29-22-12-6-2-7-13-22)30-27(24)32-15-8-3-9-16-32/h1,4-5,10-11,22H,2-3,6-9,12-17,19-20H2,(H,29,30)/p+2. The van der Waals surface area contributed by atoms with E-state index in [-0.39, 0.29) is 0 Å². The lowest BCUT2D eigenvalue weighted by Gasteiger charge is -2.31. The summed E-state index contributed by atoms with van der Waals surface area (Å²) >= 11 is 0. The Morgan fingerprint density at radius 3 is 2.50 bits per heavy atom. The molecule has 0 amide bonds. The number of nitrogens with zero attached hydrogens (tertiary/aromatic N) is 2. The molecule has 168 valence electrons. The van der Waals surface area contributed by atoms with Crippen molar-refractivity contribution in [2.45, 2.75) is 76.9 Å². The second kappa shape index (κ2) is 9.92. The molecule has 1 aromatic carbocycles. The van der Waals surface area contributed by atoms with E-state index in [1.54, 1.807) is 4.90 Å². The fraction of sp³-hybridized carbons (Fsp3) is 0.556. The van der Waals surface area contributed by atoms with E-state index in [9.17, 15) is 5.26 Å². The number of benzene rings is 1. The second-order valence-electron chi connectivity index (χ2n) is 9.91. The highest BCUT2D eigenvalue weighted by molar-refractivity contribution is 5.62. The van der Waals surface area contributed by atoms with Crippen LogP contribution in [0.25, 0.3) is 0 Å². The third-order valence-electron chi connectivity index (χ3n) is 7.64. The summed E-state index contributed by atoms with van der Waals surface area (Å²) in [6, 6.07) is 14.0. The van der Waals surface area contributed by atoms with E-state index in [4.69, 9.17) is 0 Å². The number of aromatic nitrogens is 1. The molecule has 0 bridgehead atoms. The van der Waals surface area contributed by atoms with Crippen LogP contribution < -0.4 is 20.1 Å². The van der Waals surface area contributed by atoms with Gasteiger partial charge in [-0.25, -0.2) is 4.98 Å². The number of hydrogen-bond acceptors (Lipinski definition) is 3. The average Bonchev–Trinajstić information content (AvgIpc) is 2.86. The van der Waals surface area contributed by atoms with Crippen LogP contribution >= 0.6 is 0 Å². The zero-order valence-electron chi connectivity index (χ0n) is 19.3. The number of aromatic amines is 1. The van der Waals surface area contributed by atoms with Gasteiger partial charge in [0.25, 0.3) is 0 Å². The minimum absolute atomic E-state index is 0.547. The van der Waals surface area contributed by atoms with E-state index in [1.165, 1.54) is 73.9 Å². The van der Waals surface area contributed by atoms with Crippen LogP contribution in [0, 0.1) is 11.3 Å². The molecule has 5 nitrogen and oxygen atoms in total. The van der Waals surface area contributed by atoms with Gasteiger partial charge in [0.05, 0.1) is 31.2 Å². The molecule has 3 heterocycles. The number of quaternary nitrogens is 1. The molecular weight excluding hydrogens is 394 g/mol. The van der Waals surface area contributed by atoms with Gasteiger partial charge in [0.1, 0.15) is 24.7 Å². The lowest BCUT2D eigenvalue weighted by atomic mass is 9.92. The lowest BCUT2D eigenvalue weighted by Crippen LogP contribution is -3.10. The van der Waals surface area contributed by atoms with E-state index in [1.807, 2.05) is 0 Å². The first-order valence-corrected chi connectivity index (χ1v) is 12.7. The molecular formula is C27H37N5+2. The Hall–Kier alpha value is -2.58. The Kier molecular flexibility index (Phi) is 6.59. The lowest BCUT2D eigenvalue weighted by molar-refractivity contribution is -0.929. The van der Waals surface area contributed by atoms with Crippen molar-refractivity contribution >= 4 is 11.6 Å². The van der Waals surface area contributed by atoms with Crippen LogP contribution in [-0.2, 0) is 19.5 Å². The molecule has 3 aliphatic rings. The predicted molar refractivity (Wildman–Crippen MR) is 128 cm³/mol. The fourth-order valence-corrected chi connectivity index (χ4v) is 5.90. The van der Waals surface area contributed by atoms with Crippen molar-refractivity contribution in [2.24, 2.45) is 0 Å². The van der Waals surface area contributed by atoms with E-state index < -0.39 is 0 Å². The molecule has 0 spiro atoms. The van der Waals surface area contributed by atoms with Crippen LogP contribution in [0.4, 0.5) is 11.6 Å². The molecule has 1 aliphatic carbocycles. The summed E-state index contributed by atoms with van der Waals surface area (Å²) in [6.07, 6.45) is 11.2. The zero-order valence-corrected chi connectivity index (χ0v) is 19.3. The smallest absolute Gasteiger partial charge is 0.240 e. The number of pyridine rings is 1. The first kappa shape index (κ1) is 21.3. The molecule has 2 fully saturated rings. The SMILES string of the molecule is N#Cc1c(N2CCCCC2)[nH+]c(NC2CCCCC2)c2c1CC[NH+](Cc1ccccc1)C2. The third kappa shape index (κ3) is 4.61. The normalized spacial score (nSPS) is 21.6. The Morgan fingerprint density at radius 2 is 1.75 bits per heavy atom. The maximum absolute atomic E-state index is 10.2. The van der Waals surface area contributed by atoms with Gasteiger partial charge >= 0.3 is 0 Å². The van der Waals surface area contributed by atoms with E-state index in [0.717, 1.165) is 50.5 Å². The molecule has 3 N–H and O–H groups in total. The monoisotopic (exact) mass is 431 g/mol. The van der Waals surface area contributed by atoms with Gasteiger partial charge in [-0.05, 0) is 37.7 Å². The molecule has 0 radical (unpaired) electrons. The number of H-pyrrole nitrogens is 1. The molecule has 5 heteroatoms. The van der Waals surface area contributed by atoms with Crippen molar-refractivity contribution in [3.63, 3.8) is 0 Å². The molecule has 1 aromatic heterocycles. The molecule has 2 aromatic rings. The molecule has 1 unspecified atom stereocenters. The van der Waals surface area contributed by atoms with E-state index in [0.29, 0.717) is 6.04 Å². The van der Waals surface area contributed by atoms with Crippen LogP contribution in [0.3, 0.4) is 0 Å². The Morgan fingerprint density at radius 1 is 1.00 bits per heavy atom. The van der Waals surface area contributed by atoms with Crippen LogP contribution in [0.15, 0.2) is 30.3 Å². The minimum Gasteiger partial charge on any atom is -0.327 e. The van der Waals surface area contributed by atoms with Crippen LogP contribution in [-0.4, -0.2) is 25.7 Å². The number of anilines is 2. The maximum atomic E-state index is 10.2. The summed E-state index contributed by atoms with van der Waals surface area (Å²) in [5.41, 5.74) is 4.93. The number of nitriles is 1. The molecule has 2 aliphatic heterocycles. The Bertz CT molecular complexity index is 952. The highest BCUT2D eigenvalue weighted by Crippen LogP contribution is 2.30. The van der Waals surface area contributed by atoms with Gasteiger partial charge in [-0.3, -0.25) is 4.90 Å². The van der Waals surface area contributed by atoms with Crippen molar-refractivity contribution in [2.75, 3.05) is 29.9 Å². The van der Waals surface area contributed by atoms with Gasteiger partial charge in [-0.1, -0.05) is 49.6 Å². The maximum Gasteiger partial charge on any atom is 0.240 e. The number of fused-ring (bicyclic) bond motifs is 1. The molecule has 1 saturated heterocycles. The van der Waals surface area contributed by atoms with Crippen molar-refractivity contribution in [1.82, 2.24) is 0 Å². The number of rotatable bonds is 5. The average molecular weight is 432 g/mol. The summed E-state index contributed by atoms with van der Waals surface area (Å²) in [5.74, 6) is 2.26. The minimum atomic E-state index is 0.547. The Balaban J connectivity index is 1.48. The number of hydrogen-bond donors (Lipinski definition) is 2. The van der Waals surface area contributed by atoms with Gasteiger partial charge in [0.15, 0.2) is 0 Å². The molecule has 1 saturated carbocycles. The highest BCUT2D eigenvalue weighted by atomic mass is 15.2. The van der Waals surface area contributed by atoms with Gasteiger partial charge in [0.2, 0.25) is 11.6 Å². The van der Waals surface area contributed by atoms with Crippen molar-refractivity contribution < 1.29 is 9.88 Å². The van der Waals surface area contributed by atoms with Gasteiger partial charge in [-0.15, -0.1) is 0 Å². The Labute approximate surface area is 192 Å². The summed E-state index contributed by atoms with van der Waals surface area (Å²) in [6.45, 7) is 5.21. The van der Waals surface area contributed by atoms with Crippen LogP contribution in [0.1, 0.15) is 73.6 Å². The van der Waals surface area contributed by atoms with Gasteiger partial charge in [-0.2, -0.15) is 5.26 Å². The predicted octanol–water partition coefficient (Wildman–Crippen LogP) is 3.25. The van der Waals surface area contributed by atoms with Crippen LogP contribution in [0.2, 0.25) is 0 Å². The van der Waals surface area contributed by atoms with Crippen molar-refractivity contribution in [3.05, 3.63) is 52.6 Å². The van der Waals surface area contributed by atoms with E-state index in [2.05, 4.69) is 51.6 Å². The number of piperidine rings is 1. The largest absolute Gasteiger partial charge is 0.327 e. The van der Waals surface area contributed by atoms with E-state index >= 15 is 0 Å². The highest BCUT2D eigenvalue weighted by Gasteiger charge is 2.34. The molecule has 1 atom stereocenters. The summed E-state index contributed by atoms with van der Waals surface area (Å²) < 4.78 is 0. The van der Waals surface area contributed by atoms with Gasteiger partial charge in [0, 0.05) is 12.0 Å². The second-order valence-corrected chi connectivity index (χ2v) is 9.91. The number of nitrogens with one attached hydrogen (secondary N) is 3. The zero-order chi connectivity index (χ0) is 21.8. The summed E-state index contributed by atoms with van der Waals surface area (Å²) in [5, 5.41) is 14.1. The van der Waals surface area contributed by atoms with Gasteiger partial charge < -0.3 is 10.2 Å². The topological polar surface area (TPSA) is 57.6 Å². The van der Waals surface area contributed by atoms with Crippen molar-refractivity contribution in [1.29, 1.82) is 5.26 Å². The molecule has 32 heavy (non-hydrogen) atoms. The first-order chi connectivity index (χ1) is 15.8. The van der Waals surface area contributed by atoms with Crippen LogP contribution in [0.5, 0.6) is 0 Å². The summed E-state index contributed by atoms with van der Waals surface area (Å²) in [7, 11) is 0. The van der Waals surface area contributed by atoms with Crippen molar-refractivity contribution in [3.8, 4) is 6.07 Å². The molecule has 5 rings (SSSR count). The quantitative estimate of drug-likeness (QED) is 0.764. The fourth-order valence-electron chi connectivity index (χ4n) is 5.90. The third-order valence-corrected chi connectivity index (χ3v) is 7.64. The first-order valence-electron chi connectivity index (χ1n) is 12.7. The summed E-state index contributed by atoms with van der Waals surface area (Å²) in [4.78, 5) is 7.78.